The number of benzene rings is 2. The average Bonchev–Trinajstić information content (AvgIpc) is 2.46. The monoisotopic (exact) mass is 339 g/mol. The van der Waals surface area contributed by atoms with Gasteiger partial charge in [0.1, 0.15) is 16.3 Å². The van der Waals surface area contributed by atoms with Crippen LogP contribution in [0.5, 0.6) is 0 Å². The predicted octanol–water partition coefficient (Wildman–Crippen LogP) is 3.18. The van der Waals surface area contributed by atoms with E-state index in [0.717, 1.165) is 30.4 Å². The first-order valence-corrected chi connectivity index (χ1v) is 8.71. The number of rotatable bonds is 4. The lowest BCUT2D eigenvalue weighted by Gasteiger charge is -2.10. The van der Waals surface area contributed by atoms with Crippen LogP contribution in [-0.4, -0.2) is 20.6 Å². The van der Waals surface area contributed by atoms with Gasteiger partial charge in [-0.05, 0) is 36.2 Å². The minimum atomic E-state index is -3.91. The third-order valence-corrected chi connectivity index (χ3v) is 4.42. The first-order valence-electron chi connectivity index (χ1n) is 6.82. The topological polar surface area (TPSA) is 63.2 Å². The zero-order valence-electron chi connectivity index (χ0n) is 12.6. The molecule has 0 radical (unpaired) electrons. The number of halogens is 2. The lowest BCUT2D eigenvalue weighted by Crippen LogP contribution is -2.18. The number of nitrogens with one attached hydrogen (secondary N) is 1. The molecule has 1 amide bonds. The third kappa shape index (κ3) is 3.73. The maximum atomic E-state index is 14.2. The Hall–Kier alpha value is -2.28. The van der Waals surface area contributed by atoms with E-state index in [0.29, 0.717) is 5.69 Å². The Balaban J connectivity index is 2.38. The molecule has 0 aliphatic rings. The first-order chi connectivity index (χ1) is 10.7. The molecule has 0 saturated heterocycles. The molecular formula is C16H15F2NO3S. The molecule has 0 fully saturated rings. The Kier molecular flexibility index (Phi) is 4.79. The van der Waals surface area contributed by atoms with Crippen molar-refractivity contribution in [2.75, 3.05) is 11.6 Å². The largest absolute Gasteiger partial charge is 0.322 e. The number of sulfone groups is 1. The van der Waals surface area contributed by atoms with Gasteiger partial charge < -0.3 is 5.32 Å². The van der Waals surface area contributed by atoms with E-state index in [2.05, 4.69) is 5.32 Å². The van der Waals surface area contributed by atoms with Gasteiger partial charge >= 0.3 is 0 Å². The van der Waals surface area contributed by atoms with E-state index in [-0.39, 0.29) is 0 Å². The number of hydrogen-bond donors (Lipinski definition) is 1. The van der Waals surface area contributed by atoms with Crippen LogP contribution in [0.4, 0.5) is 14.5 Å². The number of aryl methyl sites for hydroxylation is 1. The van der Waals surface area contributed by atoms with Crippen molar-refractivity contribution in [1.29, 1.82) is 0 Å². The molecule has 0 heterocycles. The van der Waals surface area contributed by atoms with Gasteiger partial charge in [0, 0.05) is 11.9 Å². The summed E-state index contributed by atoms with van der Waals surface area (Å²) in [7, 11) is -3.91. The summed E-state index contributed by atoms with van der Waals surface area (Å²) < 4.78 is 51.0. The van der Waals surface area contributed by atoms with E-state index in [1.54, 1.807) is 24.3 Å². The van der Waals surface area contributed by atoms with Crippen molar-refractivity contribution < 1.29 is 22.0 Å². The van der Waals surface area contributed by atoms with Crippen molar-refractivity contribution >= 4 is 21.4 Å². The van der Waals surface area contributed by atoms with Gasteiger partial charge in [0.15, 0.2) is 15.7 Å². The highest BCUT2D eigenvalue weighted by Crippen LogP contribution is 2.22. The normalized spacial score (nSPS) is 11.3. The molecule has 0 saturated carbocycles. The highest BCUT2D eigenvalue weighted by atomic mass is 32.2. The fourth-order valence-corrected chi connectivity index (χ4v) is 2.79. The second-order valence-corrected chi connectivity index (χ2v) is 7.00. The lowest BCUT2D eigenvalue weighted by atomic mass is 10.1. The fraction of sp³-hybridized carbons (Fsp3) is 0.188. The minimum absolute atomic E-state index is 0.357. The van der Waals surface area contributed by atoms with Crippen molar-refractivity contribution in [2.24, 2.45) is 0 Å². The number of carbonyl (C=O) groups is 1. The summed E-state index contributed by atoms with van der Waals surface area (Å²) in [5.41, 5.74) is 0.475. The fourth-order valence-electron chi connectivity index (χ4n) is 2.05. The lowest BCUT2D eigenvalue weighted by molar-refractivity contribution is 0.101. The Bertz CT molecular complexity index is 846. The van der Waals surface area contributed by atoms with Crippen LogP contribution in [0.1, 0.15) is 22.8 Å². The van der Waals surface area contributed by atoms with E-state index in [1.165, 1.54) is 0 Å². The highest BCUT2D eigenvalue weighted by Gasteiger charge is 2.24. The Morgan fingerprint density at radius 2 is 1.70 bits per heavy atom. The number of carbonyl (C=O) groups excluding carboxylic acids is 1. The van der Waals surface area contributed by atoms with Gasteiger partial charge in [-0.15, -0.1) is 0 Å². The van der Waals surface area contributed by atoms with E-state index in [4.69, 9.17) is 0 Å². The smallest absolute Gasteiger partial charge is 0.261 e. The second-order valence-electron chi connectivity index (χ2n) is 5.01. The van der Waals surface area contributed by atoms with Crippen LogP contribution >= 0.6 is 0 Å². The Labute approximate surface area is 133 Å². The molecule has 0 aromatic heterocycles. The summed E-state index contributed by atoms with van der Waals surface area (Å²) in [6.07, 6.45) is 1.60. The molecule has 4 nitrogen and oxygen atoms in total. The summed E-state index contributed by atoms with van der Waals surface area (Å²) in [5, 5.41) is 2.36. The number of hydrogen-bond acceptors (Lipinski definition) is 3. The van der Waals surface area contributed by atoms with Gasteiger partial charge in [-0.1, -0.05) is 19.1 Å². The van der Waals surface area contributed by atoms with Crippen LogP contribution in [0.2, 0.25) is 0 Å². The summed E-state index contributed by atoms with van der Waals surface area (Å²) in [5.74, 6) is -3.57. The molecule has 0 aliphatic heterocycles. The number of anilines is 1. The van der Waals surface area contributed by atoms with Crippen LogP contribution in [0, 0.1) is 11.6 Å². The Morgan fingerprint density at radius 1 is 1.09 bits per heavy atom. The molecule has 0 spiro atoms. The molecular weight excluding hydrogens is 324 g/mol. The van der Waals surface area contributed by atoms with Gasteiger partial charge in [-0.2, -0.15) is 0 Å². The van der Waals surface area contributed by atoms with Crippen LogP contribution in [0.15, 0.2) is 41.3 Å². The van der Waals surface area contributed by atoms with Crippen LogP contribution in [0.25, 0.3) is 0 Å². The maximum absolute atomic E-state index is 14.2. The Morgan fingerprint density at radius 3 is 2.22 bits per heavy atom. The number of amides is 1. The molecule has 0 aliphatic carbocycles. The van der Waals surface area contributed by atoms with E-state index in [1.807, 2.05) is 6.92 Å². The minimum Gasteiger partial charge on any atom is -0.322 e. The summed E-state index contributed by atoms with van der Waals surface area (Å²) in [6, 6.07) is 8.31. The van der Waals surface area contributed by atoms with Crippen LogP contribution < -0.4 is 5.32 Å². The zero-order valence-corrected chi connectivity index (χ0v) is 13.4. The predicted molar refractivity (Wildman–Crippen MR) is 83.2 cm³/mol. The average molecular weight is 339 g/mol. The van der Waals surface area contributed by atoms with Crippen molar-refractivity contribution in [3.05, 3.63) is 59.2 Å². The van der Waals surface area contributed by atoms with Crippen LogP contribution in [-0.2, 0) is 16.3 Å². The zero-order chi connectivity index (χ0) is 17.2. The van der Waals surface area contributed by atoms with Crippen molar-refractivity contribution in [2.45, 2.75) is 18.2 Å². The summed E-state index contributed by atoms with van der Waals surface area (Å²) in [4.78, 5) is 11.4. The first kappa shape index (κ1) is 17.1. The van der Waals surface area contributed by atoms with Crippen molar-refractivity contribution in [1.82, 2.24) is 0 Å². The van der Waals surface area contributed by atoms with Crippen molar-refractivity contribution in [3.8, 4) is 0 Å². The van der Waals surface area contributed by atoms with Crippen molar-refractivity contribution in [3.63, 3.8) is 0 Å². The van der Waals surface area contributed by atoms with E-state index >= 15 is 0 Å². The summed E-state index contributed by atoms with van der Waals surface area (Å²) in [6.45, 7) is 1.97. The van der Waals surface area contributed by atoms with Gasteiger partial charge in [0.2, 0.25) is 0 Å². The second kappa shape index (κ2) is 6.45. The molecule has 1 N–H and O–H groups in total. The highest BCUT2D eigenvalue weighted by molar-refractivity contribution is 7.90. The van der Waals surface area contributed by atoms with Gasteiger partial charge in [0.25, 0.3) is 5.91 Å². The van der Waals surface area contributed by atoms with E-state index < -0.39 is 37.8 Å². The molecule has 2 aromatic carbocycles. The van der Waals surface area contributed by atoms with Crippen LogP contribution in [0.3, 0.4) is 0 Å². The molecule has 0 unspecified atom stereocenters. The summed E-state index contributed by atoms with van der Waals surface area (Å²) >= 11 is 0. The molecule has 7 heteroatoms. The molecule has 2 aromatic rings. The van der Waals surface area contributed by atoms with Gasteiger partial charge in [-0.25, -0.2) is 17.2 Å². The molecule has 0 atom stereocenters. The molecule has 2 rings (SSSR count). The molecule has 122 valence electrons. The van der Waals surface area contributed by atoms with E-state index in [9.17, 15) is 22.0 Å². The SMILES string of the molecule is CCc1ccc(NC(=O)c2c(F)ccc(S(C)(=O)=O)c2F)cc1. The molecule has 23 heavy (non-hydrogen) atoms. The maximum Gasteiger partial charge on any atom is 0.261 e. The quantitative estimate of drug-likeness (QED) is 0.870. The van der Waals surface area contributed by atoms with Gasteiger partial charge in [0.05, 0.1) is 0 Å². The molecule has 0 bridgehead atoms. The van der Waals surface area contributed by atoms with Gasteiger partial charge in [-0.3, -0.25) is 4.79 Å². The third-order valence-electron chi connectivity index (χ3n) is 3.30. The standard InChI is InChI=1S/C16H15F2NO3S/c1-3-10-4-6-11(7-5-10)19-16(20)14-12(17)8-9-13(15(14)18)23(2,21)22/h4-9H,3H2,1-2H3,(H,19,20).